The first-order valence-electron chi connectivity index (χ1n) is 12.7. The van der Waals surface area contributed by atoms with Gasteiger partial charge in [0.1, 0.15) is 0 Å². The molecule has 2 saturated heterocycles. The summed E-state index contributed by atoms with van der Waals surface area (Å²) < 4.78 is 0.975. The number of hydrogen-bond acceptors (Lipinski definition) is 3. The van der Waals surface area contributed by atoms with E-state index in [2.05, 4.69) is 36.4 Å². The number of nitrogens with one attached hydrogen (secondary N) is 2. The molecule has 4 rings (SSSR count). The summed E-state index contributed by atoms with van der Waals surface area (Å²) in [6, 6.07) is 13.9. The van der Waals surface area contributed by atoms with Crippen molar-refractivity contribution in [2.24, 2.45) is 0 Å². The van der Waals surface area contributed by atoms with Gasteiger partial charge in [-0.3, -0.25) is 0 Å². The van der Waals surface area contributed by atoms with Gasteiger partial charge in [0.15, 0.2) is 0 Å². The van der Waals surface area contributed by atoms with Crippen molar-refractivity contribution in [1.29, 1.82) is 0 Å². The Hall–Kier alpha value is -1.31. The molecule has 1 atom stereocenters. The molecule has 0 aliphatic carbocycles. The van der Waals surface area contributed by atoms with Crippen LogP contribution in [0.15, 0.2) is 46.9 Å². The lowest BCUT2D eigenvalue weighted by Gasteiger charge is -2.40. The molecule has 2 aromatic carbocycles. The van der Waals surface area contributed by atoms with Gasteiger partial charge in [0.05, 0.1) is 10.0 Å². The maximum absolute atomic E-state index is 12.6. The van der Waals surface area contributed by atoms with Gasteiger partial charge >= 0.3 is 6.03 Å². The molecule has 0 bridgehead atoms. The predicted molar refractivity (Wildman–Crippen MR) is 150 cm³/mol. The summed E-state index contributed by atoms with van der Waals surface area (Å²) in [5.74, 6) is 0.153. The summed E-state index contributed by atoms with van der Waals surface area (Å²) in [5, 5.41) is 7.06. The normalized spacial score (nSPS) is 18.8. The van der Waals surface area contributed by atoms with Gasteiger partial charge in [0.25, 0.3) is 0 Å². The van der Waals surface area contributed by atoms with Crippen LogP contribution in [0.3, 0.4) is 0 Å². The number of rotatable bonds is 8. The third kappa shape index (κ3) is 8.09. The first kappa shape index (κ1) is 26.7. The molecule has 2 fully saturated rings. The number of hydrogen-bond donors (Lipinski definition) is 2. The zero-order valence-corrected chi connectivity index (χ0v) is 23.2. The highest BCUT2D eigenvalue weighted by Gasteiger charge is 2.26. The molecule has 1 unspecified atom stereocenters. The summed E-state index contributed by atoms with van der Waals surface area (Å²) in [5.41, 5.74) is 1.86. The van der Waals surface area contributed by atoms with Crippen LogP contribution in [0, 0.1) is 0 Å². The van der Waals surface area contributed by atoms with Crippen LogP contribution in [-0.4, -0.2) is 61.1 Å². The van der Waals surface area contributed by atoms with E-state index in [0.717, 1.165) is 47.8 Å². The van der Waals surface area contributed by atoms with Gasteiger partial charge in [-0.05, 0) is 107 Å². The van der Waals surface area contributed by atoms with E-state index in [1.165, 1.54) is 45.2 Å². The van der Waals surface area contributed by atoms with Crippen molar-refractivity contribution >= 4 is 50.9 Å². The first-order chi connectivity index (χ1) is 17.0. The van der Waals surface area contributed by atoms with Crippen molar-refractivity contribution in [3.05, 3.63) is 62.5 Å². The van der Waals surface area contributed by atoms with Gasteiger partial charge in [-0.25, -0.2) is 4.79 Å². The van der Waals surface area contributed by atoms with Crippen LogP contribution in [0.25, 0.3) is 0 Å². The van der Waals surface area contributed by atoms with Crippen LogP contribution in [0.2, 0.25) is 10.0 Å². The Labute approximate surface area is 227 Å². The minimum Gasteiger partial charge on any atom is -0.337 e. The number of carbonyl (C=O) groups is 1. The second-order valence-electron chi connectivity index (χ2n) is 9.67. The largest absolute Gasteiger partial charge is 0.337 e. The SMILES string of the molecule is O=C(NCC(CCN1CCC(N2CCCCC2)CC1)c1ccc(Cl)c(Cl)c1)Nc1ccc(Br)cc1. The third-order valence-corrected chi connectivity index (χ3v) is 8.55. The Kier molecular flexibility index (Phi) is 10.2. The zero-order valence-electron chi connectivity index (χ0n) is 20.1. The standard InChI is InChI=1S/C27H35BrCl2N4O/c28-22-5-7-23(8-6-22)32-27(35)31-19-21(20-4-9-25(29)26(30)18-20)10-15-33-16-11-24(12-17-33)34-13-2-1-3-14-34/h4-9,18,21,24H,1-3,10-17,19H2,(H2,31,32,35). The molecule has 8 heteroatoms. The molecular formula is C27H35BrCl2N4O. The van der Waals surface area contributed by atoms with E-state index in [9.17, 15) is 4.79 Å². The molecule has 0 spiro atoms. The lowest BCUT2D eigenvalue weighted by atomic mass is 9.94. The second kappa shape index (κ2) is 13.3. The van der Waals surface area contributed by atoms with E-state index in [-0.39, 0.29) is 11.9 Å². The summed E-state index contributed by atoms with van der Waals surface area (Å²) in [4.78, 5) is 17.8. The lowest BCUT2D eigenvalue weighted by Crippen LogP contribution is -2.47. The molecule has 35 heavy (non-hydrogen) atoms. The molecule has 2 aliphatic heterocycles. The van der Waals surface area contributed by atoms with E-state index in [1.807, 2.05) is 42.5 Å². The Morgan fingerprint density at radius 2 is 1.69 bits per heavy atom. The average Bonchev–Trinajstić information content (AvgIpc) is 2.88. The van der Waals surface area contributed by atoms with Gasteiger partial charge in [0, 0.05) is 28.7 Å². The number of carbonyl (C=O) groups excluding carboxylic acids is 1. The average molecular weight is 582 g/mol. The van der Waals surface area contributed by atoms with Crippen LogP contribution in [0.4, 0.5) is 10.5 Å². The molecular weight excluding hydrogens is 547 g/mol. The van der Waals surface area contributed by atoms with Gasteiger partial charge in [-0.15, -0.1) is 0 Å². The highest BCUT2D eigenvalue weighted by molar-refractivity contribution is 9.10. The van der Waals surface area contributed by atoms with Crippen LogP contribution in [0.1, 0.15) is 50.0 Å². The van der Waals surface area contributed by atoms with Gasteiger partial charge < -0.3 is 20.4 Å². The number of anilines is 1. The second-order valence-corrected chi connectivity index (χ2v) is 11.4. The Balaban J connectivity index is 1.31. The van der Waals surface area contributed by atoms with Gasteiger partial charge in [-0.1, -0.05) is 51.6 Å². The minimum atomic E-state index is -0.209. The number of amides is 2. The fourth-order valence-corrected chi connectivity index (χ4v) is 5.78. The highest BCUT2D eigenvalue weighted by atomic mass is 79.9. The van der Waals surface area contributed by atoms with Crippen LogP contribution in [-0.2, 0) is 0 Å². The molecule has 2 amide bonds. The molecule has 0 radical (unpaired) electrons. The number of benzene rings is 2. The topological polar surface area (TPSA) is 47.6 Å². The van der Waals surface area contributed by atoms with E-state index < -0.39 is 0 Å². The van der Waals surface area contributed by atoms with Gasteiger partial charge in [0.2, 0.25) is 0 Å². The first-order valence-corrected chi connectivity index (χ1v) is 14.2. The molecule has 2 aliphatic rings. The Morgan fingerprint density at radius 3 is 2.37 bits per heavy atom. The maximum Gasteiger partial charge on any atom is 0.319 e. The maximum atomic E-state index is 12.6. The molecule has 0 saturated carbocycles. The Morgan fingerprint density at radius 1 is 0.971 bits per heavy atom. The quantitative estimate of drug-likeness (QED) is 0.353. The fraction of sp³-hybridized carbons (Fsp3) is 0.519. The monoisotopic (exact) mass is 580 g/mol. The van der Waals surface area contributed by atoms with E-state index in [0.29, 0.717) is 16.6 Å². The molecule has 2 heterocycles. The van der Waals surface area contributed by atoms with Crippen LogP contribution >= 0.6 is 39.1 Å². The molecule has 190 valence electrons. The number of halogens is 3. The number of piperidine rings is 2. The summed E-state index contributed by atoms with van der Waals surface area (Å²) in [6.07, 6.45) is 7.56. The number of likely N-dealkylation sites (tertiary alicyclic amines) is 2. The summed E-state index contributed by atoms with van der Waals surface area (Å²) in [7, 11) is 0. The van der Waals surface area contributed by atoms with Crippen molar-refractivity contribution < 1.29 is 4.79 Å². The minimum absolute atomic E-state index is 0.153. The van der Waals surface area contributed by atoms with Crippen LogP contribution < -0.4 is 10.6 Å². The zero-order chi connectivity index (χ0) is 24.6. The number of urea groups is 1. The molecule has 5 nitrogen and oxygen atoms in total. The molecule has 2 aromatic rings. The van der Waals surface area contributed by atoms with Crippen molar-refractivity contribution in [1.82, 2.24) is 15.1 Å². The van der Waals surface area contributed by atoms with Crippen LogP contribution in [0.5, 0.6) is 0 Å². The number of nitrogens with zero attached hydrogens (tertiary/aromatic N) is 2. The van der Waals surface area contributed by atoms with Crippen molar-refractivity contribution in [3.63, 3.8) is 0 Å². The predicted octanol–water partition coefficient (Wildman–Crippen LogP) is 7.00. The van der Waals surface area contributed by atoms with Crippen molar-refractivity contribution in [2.45, 2.75) is 50.5 Å². The highest BCUT2D eigenvalue weighted by Crippen LogP contribution is 2.29. The van der Waals surface area contributed by atoms with Crippen molar-refractivity contribution in [3.8, 4) is 0 Å². The molecule has 2 N–H and O–H groups in total. The smallest absolute Gasteiger partial charge is 0.319 e. The fourth-order valence-electron chi connectivity index (χ4n) is 5.21. The summed E-state index contributed by atoms with van der Waals surface area (Å²) in [6.45, 7) is 6.38. The molecule has 0 aromatic heterocycles. The van der Waals surface area contributed by atoms with E-state index in [1.54, 1.807) is 0 Å². The third-order valence-electron chi connectivity index (χ3n) is 7.28. The van der Waals surface area contributed by atoms with Gasteiger partial charge in [-0.2, -0.15) is 0 Å². The summed E-state index contributed by atoms with van der Waals surface area (Å²) >= 11 is 15.9. The lowest BCUT2D eigenvalue weighted by molar-refractivity contribution is 0.0912. The Bertz CT molecular complexity index is 960. The van der Waals surface area contributed by atoms with E-state index >= 15 is 0 Å². The van der Waals surface area contributed by atoms with Crippen molar-refractivity contribution in [2.75, 3.05) is 44.6 Å². The van der Waals surface area contributed by atoms with E-state index in [4.69, 9.17) is 23.2 Å².